The largest absolute Gasteiger partial charge is 0.478 e. The van der Waals surface area contributed by atoms with Crippen molar-refractivity contribution in [3.05, 3.63) is 107 Å². The molecular weight excluding hydrogens is 388 g/mol. The van der Waals surface area contributed by atoms with Gasteiger partial charge in [0.05, 0.1) is 22.5 Å². The molecule has 3 aromatic carbocycles. The highest BCUT2D eigenvalue weighted by Gasteiger charge is 2.37. The number of benzene rings is 3. The van der Waals surface area contributed by atoms with Crippen molar-refractivity contribution in [2.24, 2.45) is 4.99 Å². The third kappa shape index (κ3) is 2.67. The van der Waals surface area contributed by atoms with Crippen LogP contribution in [0.3, 0.4) is 0 Å². The predicted octanol–water partition coefficient (Wildman–Crippen LogP) is 5.17. The Hall–Kier alpha value is -4.25. The van der Waals surface area contributed by atoms with Gasteiger partial charge in [0.25, 0.3) is 0 Å². The number of ketones is 2. The van der Waals surface area contributed by atoms with Gasteiger partial charge in [-0.3, -0.25) is 9.59 Å². The van der Waals surface area contributed by atoms with Crippen molar-refractivity contribution in [1.29, 1.82) is 0 Å². The van der Waals surface area contributed by atoms with Gasteiger partial charge in [0.15, 0.2) is 17.7 Å². The smallest absolute Gasteiger partial charge is 0.196 e. The van der Waals surface area contributed by atoms with Crippen molar-refractivity contribution in [3.63, 3.8) is 0 Å². The number of nitrogens with one attached hydrogen (secondary N) is 1. The molecule has 1 heterocycles. The topological polar surface area (TPSA) is 67.8 Å². The van der Waals surface area contributed by atoms with Crippen LogP contribution in [0, 0.1) is 0 Å². The zero-order valence-corrected chi connectivity index (χ0v) is 16.3. The van der Waals surface area contributed by atoms with E-state index in [-0.39, 0.29) is 23.2 Å². The van der Waals surface area contributed by atoms with Crippen LogP contribution in [0.1, 0.15) is 31.8 Å². The lowest BCUT2D eigenvalue weighted by Crippen LogP contribution is -2.29. The maximum Gasteiger partial charge on any atom is 0.196 e. The third-order valence-corrected chi connectivity index (χ3v) is 5.64. The molecule has 0 saturated carbocycles. The predicted molar refractivity (Wildman–Crippen MR) is 119 cm³/mol. The van der Waals surface area contributed by atoms with E-state index >= 15 is 0 Å². The average molecular weight is 404 g/mol. The van der Waals surface area contributed by atoms with Crippen molar-refractivity contribution in [2.45, 2.75) is 6.10 Å². The maximum absolute atomic E-state index is 13.6. The molecule has 1 aliphatic heterocycles. The van der Waals surface area contributed by atoms with E-state index in [9.17, 15) is 9.59 Å². The molecule has 5 heteroatoms. The summed E-state index contributed by atoms with van der Waals surface area (Å²) in [4.78, 5) is 31.8. The number of aliphatic imine (C=N–C) groups is 1. The molecule has 148 valence electrons. The second-order valence-corrected chi connectivity index (χ2v) is 7.53. The highest BCUT2D eigenvalue weighted by atomic mass is 16.5. The summed E-state index contributed by atoms with van der Waals surface area (Å²) in [6.07, 6.45) is 7.24. The molecule has 31 heavy (non-hydrogen) atoms. The summed E-state index contributed by atoms with van der Waals surface area (Å²) in [7, 11) is 0. The van der Waals surface area contributed by atoms with E-state index in [0.29, 0.717) is 39.5 Å². The maximum atomic E-state index is 13.6. The minimum Gasteiger partial charge on any atom is -0.478 e. The molecule has 0 radical (unpaired) electrons. The Balaban J connectivity index is 1.62. The number of hydrogen-bond donors (Lipinski definition) is 1. The van der Waals surface area contributed by atoms with E-state index in [1.807, 2.05) is 54.6 Å². The molecule has 3 aromatic rings. The Morgan fingerprint density at radius 3 is 2.32 bits per heavy atom. The minimum absolute atomic E-state index is 0.201. The van der Waals surface area contributed by atoms with E-state index in [2.05, 4.69) is 5.32 Å². The first-order valence-electron chi connectivity index (χ1n) is 10.0. The molecule has 0 fully saturated rings. The van der Waals surface area contributed by atoms with Crippen LogP contribution in [-0.4, -0.2) is 23.4 Å². The lowest BCUT2D eigenvalue weighted by atomic mass is 9.81. The number of hydrogen-bond acceptors (Lipinski definition) is 5. The molecule has 0 saturated heterocycles. The fourth-order valence-electron chi connectivity index (χ4n) is 4.21. The highest BCUT2D eigenvalue weighted by Crippen LogP contribution is 2.46. The first-order chi connectivity index (χ1) is 15.2. The number of anilines is 2. The quantitative estimate of drug-likeness (QED) is 0.501. The molecule has 1 atom stereocenters. The van der Waals surface area contributed by atoms with Crippen LogP contribution >= 0.6 is 0 Å². The number of carbonyl (C=O) groups excluding carboxylic acids is 2. The lowest BCUT2D eigenvalue weighted by Gasteiger charge is -2.29. The van der Waals surface area contributed by atoms with Crippen molar-refractivity contribution in [2.75, 3.05) is 5.32 Å². The number of nitrogens with zero attached hydrogens (tertiary/aromatic N) is 1. The van der Waals surface area contributed by atoms with Gasteiger partial charge in [0.2, 0.25) is 0 Å². The van der Waals surface area contributed by atoms with E-state index in [4.69, 9.17) is 9.73 Å². The number of fused-ring (bicyclic) bond motifs is 5. The monoisotopic (exact) mass is 404 g/mol. The van der Waals surface area contributed by atoms with Gasteiger partial charge in [0, 0.05) is 22.9 Å². The summed E-state index contributed by atoms with van der Waals surface area (Å²) < 4.78 is 6.18. The number of para-hydroxylation sites is 1. The molecule has 0 amide bonds. The fraction of sp³-hybridized carbons (Fsp3) is 0.0385. The fourth-order valence-corrected chi connectivity index (χ4v) is 4.21. The first-order valence-corrected chi connectivity index (χ1v) is 10.0. The van der Waals surface area contributed by atoms with E-state index in [0.717, 1.165) is 5.69 Å². The van der Waals surface area contributed by atoms with Crippen molar-refractivity contribution >= 4 is 34.3 Å². The van der Waals surface area contributed by atoms with Crippen LogP contribution in [0.25, 0.3) is 0 Å². The minimum atomic E-state index is -0.318. The number of ether oxygens (including phenoxy) is 1. The molecule has 0 aromatic heterocycles. The molecular formula is C26H16N2O3. The van der Waals surface area contributed by atoms with E-state index < -0.39 is 0 Å². The van der Waals surface area contributed by atoms with Crippen molar-refractivity contribution in [3.8, 4) is 5.75 Å². The SMILES string of the molecule is O=C1c2ccccc2C(=O)c2c3c(cc(Nc4ccccc4)c21)OC1C=CC=CC1=N3. The first kappa shape index (κ1) is 17.6. The molecule has 3 aliphatic rings. The molecule has 1 unspecified atom stereocenters. The lowest BCUT2D eigenvalue weighted by molar-refractivity contribution is 0.0979. The number of carbonyl (C=O) groups is 2. The van der Waals surface area contributed by atoms with Gasteiger partial charge in [-0.25, -0.2) is 4.99 Å². The van der Waals surface area contributed by atoms with Gasteiger partial charge in [-0.2, -0.15) is 0 Å². The van der Waals surface area contributed by atoms with Crippen LogP contribution in [0.4, 0.5) is 17.1 Å². The Bertz CT molecular complexity index is 1370. The Morgan fingerprint density at radius 1 is 0.839 bits per heavy atom. The summed E-state index contributed by atoms with van der Waals surface area (Å²) >= 11 is 0. The average Bonchev–Trinajstić information content (AvgIpc) is 2.81. The summed E-state index contributed by atoms with van der Waals surface area (Å²) in [5, 5.41) is 3.30. The highest BCUT2D eigenvalue weighted by molar-refractivity contribution is 6.32. The van der Waals surface area contributed by atoms with Crippen molar-refractivity contribution in [1.82, 2.24) is 0 Å². The van der Waals surface area contributed by atoms with Gasteiger partial charge >= 0.3 is 0 Å². The molecule has 2 aliphatic carbocycles. The van der Waals surface area contributed by atoms with Gasteiger partial charge in [-0.15, -0.1) is 0 Å². The second-order valence-electron chi connectivity index (χ2n) is 7.53. The van der Waals surface area contributed by atoms with Crippen molar-refractivity contribution < 1.29 is 14.3 Å². The molecule has 0 spiro atoms. The standard InChI is InChI=1S/C26H16N2O3/c29-25-16-10-4-5-11-17(16)26(30)23-22(25)19(27-15-8-2-1-3-9-15)14-21-24(23)28-18-12-6-7-13-20(18)31-21/h1-14,20,27H. The number of allylic oxidation sites excluding steroid dienone is 2. The summed E-state index contributed by atoms with van der Waals surface area (Å²) in [6.45, 7) is 0. The summed E-state index contributed by atoms with van der Waals surface area (Å²) in [6, 6.07) is 18.2. The Morgan fingerprint density at radius 2 is 1.55 bits per heavy atom. The van der Waals surface area contributed by atoms with Crippen LogP contribution < -0.4 is 10.1 Å². The van der Waals surface area contributed by atoms with E-state index in [1.165, 1.54) is 0 Å². The molecule has 5 nitrogen and oxygen atoms in total. The van der Waals surface area contributed by atoms with Crippen LogP contribution in [0.5, 0.6) is 5.75 Å². The van der Waals surface area contributed by atoms with Crippen LogP contribution in [0.2, 0.25) is 0 Å². The molecule has 1 N–H and O–H groups in total. The molecule has 0 bridgehead atoms. The zero-order valence-electron chi connectivity index (χ0n) is 16.3. The van der Waals surface area contributed by atoms with Gasteiger partial charge in [-0.05, 0) is 24.3 Å². The van der Waals surface area contributed by atoms with Gasteiger partial charge in [-0.1, -0.05) is 54.6 Å². The third-order valence-electron chi connectivity index (χ3n) is 5.64. The van der Waals surface area contributed by atoms with Gasteiger partial charge in [0.1, 0.15) is 11.4 Å². The van der Waals surface area contributed by atoms with Gasteiger partial charge < -0.3 is 10.1 Å². The zero-order chi connectivity index (χ0) is 20.9. The van der Waals surface area contributed by atoms with E-state index in [1.54, 1.807) is 30.3 Å². The Kier molecular flexibility index (Phi) is 3.77. The van der Waals surface area contributed by atoms with Crippen LogP contribution in [0.15, 0.2) is 90.0 Å². The second kappa shape index (κ2) is 6.64. The summed E-state index contributed by atoms with van der Waals surface area (Å²) in [5.74, 6) is 0.0548. The summed E-state index contributed by atoms with van der Waals surface area (Å²) in [5.41, 5.74) is 3.86. The molecule has 6 rings (SSSR count). The normalized spacial score (nSPS) is 17.7. The van der Waals surface area contributed by atoms with Crippen LogP contribution in [-0.2, 0) is 0 Å². The number of rotatable bonds is 2. The Labute approximate surface area is 178 Å².